The zero-order chi connectivity index (χ0) is 18.2. The maximum Gasteiger partial charge on any atom is 0.255 e. The fourth-order valence-corrected chi connectivity index (χ4v) is 3.03. The Kier molecular flexibility index (Phi) is 6.30. The molecule has 1 N–H and O–H groups in total. The molecule has 1 fully saturated rings. The number of rotatable bonds is 7. The number of aromatic nitrogens is 1. The van der Waals surface area contributed by atoms with Crippen LogP contribution in [0.15, 0.2) is 42.6 Å². The Morgan fingerprint density at radius 3 is 2.58 bits per heavy atom. The minimum atomic E-state index is -0.114. The fourth-order valence-electron chi connectivity index (χ4n) is 3.03. The summed E-state index contributed by atoms with van der Waals surface area (Å²) in [6.07, 6.45) is 5.28. The van der Waals surface area contributed by atoms with Gasteiger partial charge in [0.15, 0.2) is 0 Å². The molecule has 26 heavy (non-hydrogen) atoms. The van der Waals surface area contributed by atoms with Gasteiger partial charge in [-0.05, 0) is 55.7 Å². The molecule has 1 saturated heterocycles. The molecule has 6 heteroatoms. The second-order valence-corrected chi connectivity index (χ2v) is 6.20. The van der Waals surface area contributed by atoms with E-state index < -0.39 is 0 Å². The third kappa shape index (κ3) is 4.65. The summed E-state index contributed by atoms with van der Waals surface area (Å²) < 4.78 is 10.8. The Morgan fingerprint density at radius 1 is 1.12 bits per heavy atom. The Hall–Kier alpha value is -2.76. The van der Waals surface area contributed by atoms with Crippen LogP contribution in [0.2, 0.25) is 0 Å². The first kappa shape index (κ1) is 18.0. The molecule has 1 amide bonds. The van der Waals surface area contributed by atoms with E-state index in [1.807, 2.05) is 30.3 Å². The lowest BCUT2D eigenvalue weighted by molar-refractivity contribution is 0.0947. The SMILES string of the molecule is COc1ccc(OCCNC(=O)c2cccnc2N2CCCCC2)cc1. The Morgan fingerprint density at radius 2 is 1.85 bits per heavy atom. The number of hydrogen-bond acceptors (Lipinski definition) is 5. The lowest BCUT2D eigenvalue weighted by atomic mass is 10.1. The van der Waals surface area contributed by atoms with Crippen molar-refractivity contribution in [3.63, 3.8) is 0 Å². The van der Waals surface area contributed by atoms with E-state index in [0.29, 0.717) is 18.7 Å². The summed E-state index contributed by atoms with van der Waals surface area (Å²) in [7, 11) is 1.63. The maximum atomic E-state index is 12.6. The topological polar surface area (TPSA) is 63.7 Å². The molecule has 0 radical (unpaired) electrons. The average molecular weight is 355 g/mol. The van der Waals surface area contributed by atoms with Crippen LogP contribution in [0.25, 0.3) is 0 Å². The van der Waals surface area contributed by atoms with Crippen LogP contribution in [0.4, 0.5) is 5.82 Å². The standard InChI is InChI=1S/C20H25N3O3/c1-25-16-7-9-17(10-8-16)26-15-12-22-20(24)18-6-5-11-21-19(18)23-13-3-2-4-14-23/h5-11H,2-4,12-15H2,1H3,(H,22,24). The third-order valence-electron chi connectivity index (χ3n) is 4.40. The summed E-state index contributed by atoms with van der Waals surface area (Å²) in [4.78, 5) is 19.2. The van der Waals surface area contributed by atoms with Crippen molar-refractivity contribution >= 4 is 11.7 Å². The van der Waals surface area contributed by atoms with Crippen LogP contribution in [0.1, 0.15) is 29.6 Å². The van der Waals surface area contributed by atoms with Crippen LogP contribution in [0.3, 0.4) is 0 Å². The zero-order valence-corrected chi connectivity index (χ0v) is 15.1. The molecule has 0 atom stereocenters. The van der Waals surface area contributed by atoms with Gasteiger partial charge in [0.1, 0.15) is 23.9 Å². The maximum absolute atomic E-state index is 12.6. The van der Waals surface area contributed by atoms with Crippen molar-refractivity contribution in [2.24, 2.45) is 0 Å². The first-order chi connectivity index (χ1) is 12.8. The lowest BCUT2D eigenvalue weighted by Gasteiger charge is -2.29. The number of nitrogens with zero attached hydrogens (tertiary/aromatic N) is 2. The molecule has 0 unspecified atom stereocenters. The van der Waals surface area contributed by atoms with Gasteiger partial charge in [-0.25, -0.2) is 4.98 Å². The summed E-state index contributed by atoms with van der Waals surface area (Å²) in [5, 5.41) is 2.92. The van der Waals surface area contributed by atoms with Gasteiger partial charge in [-0.1, -0.05) is 0 Å². The molecule has 0 bridgehead atoms. The minimum absolute atomic E-state index is 0.114. The quantitative estimate of drug-likeness (QED) is 0.774. The summed E-state index contributed by atoms with van der Waals surface area (Å²) in [5.74, 6) is 2.20. The van der Waals surface area contributed by atoms with Crippen molar-refractivity contribution in [2.45, 2.75) is 19.3 Å². The largest absolute Gasteiger partial charge is 0.497 e. The van der Waals surface area contributed by atoms with E-state index in [-0.39, 0.29) is 5.91 Å². The highest BCUT2D eigenvalue weighted by Gasteiger charge is 2.19. The second kappa shape index (κ2) is 9.08. The smallest absolute Gasteiger partial charge is 0.255 e. The van der Waals surface area contributed by atoms with Crippen LogP contribution in [0.5, 0.6) is 11.5 Å². The summed E-state index contributed by atoms with van der Waals surface area (Å²) in [5.41, 5.74) is 0.624. The predicted octanol–water partition coefficient (Wildman–Crippen LogP) is 2.89. The molecule has 0 spiro atoms. The molecular formula is C20H25N3O3. The number of pyridine rings is 1. The van der Waals surface area contributed by atoms with E-state index in [9.17, 15) is 4.79 Å². The van der Waals surface area contributed by atoms with E-state index in [1.54, 1.807) is 19.4 Å². The van der Waals surface area contributed by atoms with E-state index in [2.05, 4.69) is 15.2 Å². The van der Waals surface area contributed by atoms with E-state index in [4.69, 9.17) is 9.47 Å². The number of nitrogens with one attached hydrogen (secondary N) is 1. The zero-order valence-electron chi connectivity index (χ0n) is 15.1. The van der Waals surface area contributed by atoms with Gasteiger partial charge in [-0.15, -0.1) is 0 Å². The number of methoxy groups -OCH3 is 1. The summed E-state index contributed by atoms with van der Waals surface area (Å²) in [6.45, 7) is 2.74. The molecule has 3 rings (SSSR count). The van der Waals surface area contributed by atoms with E-state index in [0.717, 1.165) is 43.2 Å². The predicted molar refractivity (Wildman–Crippen MR) is 101 cm³/mol. The normalized spacial score (nSPS) is 14.0. The van der Waals surface area contributed by atoms with Crippen molar-refractivity contribution < 1.29 is 14.3 Å². The molecule has 0 saturated carbocycles. The molecule has 1 aromatic carbocycles. The Labute approximate surface area is 154 Å². The average Bonchev–Trinajstić information content (AvgIpc) is 2.72. The van der Waals surface area contributed by atoms with Crippen molar-refractivity contribution in [1.29, 1.82) is 0 Å². The van der Waals surface area contributed by atoms with E-state index >= 15 is 0 Å². The number of ether oxygens (including phenoxy) is 2. The monoisotopic (exact) mass is 355 g/mol. The molecule has 2 heterocycles. The number of carbonyl (C=O) groups is 1. The molecule has 138 valence electrons. The van der Waals surface area contributed by atoms with Crippen molar-refractivity contribution in [1.82, 2.24) is 10.3 Å². The molecule has 1 aromatic heterocycles. The fraction of sp³-hybridized carbons (Fsp3) is 0.400. The Balaban J connectivity index is 1.51. The summed E-state index contributed by atoms with van der Waals surface area (Å²) in [6, 6.07) is 11.0. The highest BCUT2D eigenvalue weighted by atomic mass is 16.5. The van der Waals surface area contributed by atoms with Gasteiger partial charge in [0.05, 0.1) is 19.2 Å². The van der Waals surface area contributed by atoms with Crippen LogP contribution in [-0.4, -0.2) is 44.2 Å². The number of hydrogen-bond donors (Lipinski definition) is 1. The molecule has 0 aliphatic carbocycles. The molecular weight excluding hydrogens is 330 g/mol. The van der Waals surface area contributed by atoms with Gasteiger partial charge < -0.3 is 19.7 Å². The van der Waals surface area contributed by atoms with Gasteiger partial charge in [-0.3, -0.25) is 4.79 Å². The third-order valence-corrected chi connectivity index (χ3v) is 4.40. The van der Waals surface area contributed by atoms with Crippen LogP contribution in [0, 0.1) is 0 Å². The second-order valence-electron chi connectivity index (χ2n) is 6.20. The number of amides is 1. The van der Waals surface area contributed by atoms with Crippen LogP contribution < -0.4 is 19.7 Å². The van der Waals surface area contributed by atoms with Crippen molar-refractivity contribution in [2.75, 3.05) is 38.3 Å². The van der Waals surface area contributed by atoms with Gasteiger partial charge in [-0.2, -0.15) is 0 Å². The van der Waals surface area contributed by atoms with Crippen molar-refractivity contribution in [3.8, 4) is 11.5 Å². The Bertz CT molecular complexity index is 712. The minimum Gasteiger partial charge on any atom is -0.497 e. The summed E-state index contributed by atoms with van der Waals surface area (Å²) >= 11 is 0. The number of carbonyl (C=O) groups excluding carboxylic acids is 1. The van der Waals surface area contributed by atoms with Gasteiger partial charge in [0.2, 0.25) is 0 Å². The molecule has 6 nitrogen and oxygen atoms in total. The van der Waals surface area contributed by atoms with E-state index in [1.165, 1.54) is 6.42 Å². The number of piperidine rings is 1. The molecule has 2 aromatic rings. The first-order valence-corrected chi connectivity index (χ1v) is 9.03. The first-order valence-electron chi connectivity index (χ1n) is 9.03. The highest BCUT2D eigenvalue weighted by molar-refractivity contribution is 5.98. The number of benzene rings is 1. The molecule has 1 aliphatic heterocycles. The van der Waals surface area contributed by atoms with Gasteiger partial charge >= 0.3 is 0 Å². The van der Waals surface area contributed by atoms with Crippen molar-refractivity contribution in [3.05, 3.63) is 48.2 Å². The number of anilines is 1. The van der Waals surface area contributed by atoms with Gasteiger partial charge in [0, 0.05) is 19.3 Å². The van der Waals surface area contributed by atoms with Gasteiger partial charge in [0.25, 0.3) is 5.91 Å². The van der Waals surface area contributed by atoms with Crippen LogP contribution >= 0.6 is 0 Å². The lowest BCUT2D eigenvalue weighted by Crippen LogP contribution is -2.34. The van der Waals surface area contributed by atoms with Crippen LogP contribution in [-0.2, 0) is 0 Å². The molecule has 1 aliphatic rings. The highest BCUT2D eigenvalue weighted by Crippen LogP contribution is 2.21.